The first kappa shape index (κ1) is 10.5. The van der Waals surface area contributed by atoms with Crippen molar-refractivity contribution in [2.75, 3.05) is 13.1 Å². The summed E-state index contributed by atoms with van der Waals surface area (Å²) in [5.74, 6) is -0.0780. The van der Waals surface area contributed by atoms with Crippen LogP contribution in [0.5, 0.6) is 0 Å². The molecule has 1 aliphatic rings. The second-order valence-electron chi connectivity index (χ2n) is 3.53. The van der Waals surface area contributed by atoms with Crippen molar-refractivity contribution in [3.8, 4) is 0 Å². The quantitative estimate of drug-likeness (QED) is 0.684. The van der Waals surface area contributed by atoms with E-state index in [0.717, 1.165) is 11.3 Å². The van der Waals surface area contributed by atoms with E-state index in [1.54, 1.807) is 18.6 Å². The zero-order valence-electron chi connectivity index (χ0n) is 9.00. The van der Waals surface area contributed by atoms with Gasteiger partial charge >= 0.3 is 0 Å². The van der Waals surface area contributed by atoms with Gasteiger partial charge in [-0.2, -0.15) is 5.10 Å². The molecule has 0 atom stereocenters. The van der Waals surface area contributed by atoms with Crippen LogP contribution >= 0.6 is 0 Å². The van der Waals surface area contributed by atoms with Gasteiger partial charge in [-0.25, -0.2) is 5.01 Å². The van der Waals surface area contributed by atoms with Crippen molar-refractivity contribution in [2.24, 2.45) is 10.1 Å². The van der Waals surface area contributed by atoms with Crippen LogP contribution in [0.2, 0.25) is 0 Å². The molecule has 1 aromatic rings. The van der Waals surface area contributed by atoms with E-state index in [2.05, 4.69) is 15.1 Å². The van der Waals surface area contributed by atoms with Gasteiger partial charge in [-0.15, -0.1) is 0 Å². The Morgan fingerprint density at radius 1 is 1.56 bits per heavy atom. The van der Waals surface area contributed by atoms with Gasteiger partial charge in [0.1, 0.15) is 6.54 Å². The van der Waals surface area contributed by atoms with E-state index in [9.17, 15) is 4.79 Å². The Kier molecular flexibility index (Phi) is 3.05. The summed E-state index contributed by atoms with van der Waals surface area (Å²) in [6.07, 6.45) is 5.02. The lowest BCUT2D eigenvalue weighted by Crippen LogP contribution is -2.36. The monoisotopic (exact) mass is 216 g/mol. The van der Waals surface area contributed by atoms with E-state index in [-0.39, 0.29) is 12.5 Å². The standard InChI is InChI=1S/C11H12N4O/c1-9-8-15(11(16)7-13-9)14-6-10-3-2-4-12-5-10/h2-6H,7-8H2,1H3/b14-6+. The molecular weight excluding hydrogens is 204 g/mol. The molecule has 0 spiro atoms. The normalized spacial score (nSPS) is 16.7. The van der Waals surface area contributed by atoms with Gasteiger partial charge < -0.3 is 0 Å². The molecule has 82 valence electrons. The topological polar surface area (TPSA) is 57.9 Å². The highest BCUT2D eigenvalue weighted by Gasteiger charge is 2.16. The zero-order chi connectivity index (χ0) is 11.4. The van der Waals surface area contributed by atoms with E-state index in [1.165, 1.54) is 5.01 Å². The summed E-state index contributed by atoms with van der Waals surface area (Å²) in [6, 6.07) is 3.71. The summed E-state index contributed by atoms with van der Waals surface area (Å²) in [5.41, 5.74) is 1.79. The maximum Gasteiger partial charge on any atom is 0.264 e. The molecule has 5 heteroatoms. The van der Waals surface area contributed by atoms with E-state index < -0.39 is 0 Å². The van der Waals surface area contributed by atoms with Crippen LogP contribution in [-0.4, -0.2) is 40.9 Å². The summed E-state index contributed by atoms with van der Waals surface area (Å²) >= 11 is 0. The first-order valence-electron chi connectivity index (χ1n) is 5.00. The van der Waals surface area contributed by atoms with Gasteiger partial charge in [-0.1, -0.05) is 6.07 Å². The fraction of sp³-hybridized carbons (Fsp3) is 0.273. The largest absolute Gasteiger partial charge is 0.282 e. The van der Waals surface area contributed by atoms with Crippen LogP contribution in [0, 0.1) is 0 Å². The number of rotatable bonds is 2. The molecule has 2 heterocycles. The van der Waals surface area contributed by atoms with E-state index in [1.807, 2.05) is 19.1 Å². The number of aliphatic imine (C=N–C) groups is 1. The van der Waals surface area contributed by atoms with E-state index in [4.69, 9.17) is 0 Å². The average Bonchev–Trinajstić information content (AvgIpc) is 2.32. The molecule has 0 radical (unpaired) electrons. The van der Waals surface area contributed by atoms with Crippen molar-refractivity contribution in [3.63, 3.8) is 0 Å². The van der Waals surface area contributed by atoms with Crippen molar-refractivity contribution in [1.29, 1.82) is 0 Å². The molecule has 0 fully saturated rings. The highest BCUT2D eigenvalue weighted by Crippen LogP contribution is 2.01. The van der Waals surface area contributed by atoms with Crippen molar-refractivity contribution >= 4 is 17.8 Å². The van der Waals surface area contributed by atoms with Crippen molar-refractivity contribution in [1.82, 2.24) is 9.99 Å². The number of pyridine rings is 1. The Morgan fingerprint density at radius 2 is 2.44 bits per heavy atom. The lowest BCUT2D eigenvalue weighted by Gasteiger charge is -2.19. The predicted molar refractivity (Wildman–Crippen MR) is 61.5 cm³/mol. The smallest absolute Gasteiger partial charge is 0.264 e. The highest BCUT2D eigenvalue weighted by molar-refractivity contribution is 5.94. The minimum absolute atomic E-state index is 0.0780. The van der Waals surface area contributed by atoms with Gasteiger partial charge in [0.2, 0.25) is 0 Å². The lowest BCUT2D eigenvalue weighted by atomic mass is 10.3. The number of aromatic nitrogens is 1. The van der Waals surface area contributed by atoms with Crippen molar-refractivity contribution in [2.45, 2.75) is 6.92 Å². The molecule has 0 unspecified atom stereocenters. The van der Waals surface area contributed by atoms with Crippen LogP contribution in [0.4, 0.5) is 0 Å². The molecule has 1 aromatic heterocycles. The van der Waals surface area contributed by atoms with Crippen molar-refractivity contribution < 1.29 is 4.79 Å². The summed E-state index contributed by atoms with van der Waals surface area (Å²) in [5, 5.41) is 5.55. The number of hydrogen-bond acceptors (Lipinski definition) is 4. The van der Waals surface area contributed by atoms with E-state index in [0.29, 0.717) is 6.54 Å². The van der Waals surface area contributed by atoms with Crippen LogP contribution in [0.1, 0.15) is 12.5 Å². The molecule has 0 saturated heterocycles. The van der Waals surface area contributed by atoms with Gasteiger partial charge in [0, 0.05) is 23.7 Å². The first-order valence-corrected chi connectivity index (χ1v) is 5.00. The minimum atomic E-state index is -0.0780. The molecule has 0 saturated carbocycles. The second-order valence-corrected chi connectivity index (χ2v) is 3.53. The third kappa shape index (κ3) is 2.50. The predicted octanol–water partition coefficient (Wildman–Crippen LogP) is 0.719. The molecule has 5 nitrogen and oxygen atoms in total. The number of amides is 1. The Bertz CT molecular complexity index is 439. The molecule has 1 aliphatic heterocycles. The lowest BCUT2D eigenvalue weighted by molar-refractivity contribution is -0.129. The van der Waals surface area contributed by atoms with Crippen LogP contribution < -0.4 is 0 Å². The Labute approximate surface area is 93.5 Å². The molecule has 16 heavy (non-hydrogen) atoms. The summed E-state index contributed by atoms with van der Waals surface area (Å²) in [7, 11) is 0. The summed E-state index contributed by atoms with van der Waals surface area (Å²) < 4.78 is 0. The Balaban J connectivity index is 2.07. The summed E-state index contributed by atoms with van der Waals surface area (Å²) in [4.78, 5) is 19.5. The summed E-state index contributed by atoms with van der Waals surface area (Å²) in [6.45, 7) is 2.55. The van der Waals surface area contributed by atoms with Gasteiger partial charge in [0.05, 0.1) is 12.8 Å². The Hall–Kier alpha value is -2.04. The van der Waals surface area contributed by atoms with Gasteiger partial charge in [-0.05, 0) is 13.0 Å². The minimum Gasteiger partial charge on any atom is -0.282 e. The molecule has 0 aromatic carbocycles. The number of carbonyl (C=O) groups is 1. The number of hydrazone groups is 1. The Morgan fingerprint density at radius 3 is 3.19 bits per heavy atom. The third-order valence-electron chi connectivity index (χ3n) is 2.18. The van der Waals surface area contributed by atoms with E-state index >= 15 is 0 Å². The maximum atomic E-state index is 11.5. The first-order chi connectivity index (χ1) is 7.75. The van der Waals surface area contributed by atoms with Gasteiger partial charge in [0.25, 0.3) is 5.91 Å². The second kappa shape index (κ2) is 4.65. The highest BCUT2D eigenvalue weighted by atomic mass is 16.2. The fourth-order valence-electron chi connectivity index (χ4n) is 1.33. The number of carbonyl (C=O) groups excluding carboxylic acids is 1. The molecule has 0 N–H and O–H groups in total. The van der Waals surface area contributed by atoms with Crippen LogP contribution in [0.25, 0.3) is 0 Å². The fourth-order valence-corrected chi connectivity index (χ4v) is 1.33. The maximum absolute atomic E-state index is 11.5. The van der Waals surface area contributed by atoms with Gasteiger partial charge in [-0.3, -0.25) is 14.8 Å². The third-order valence-corrected chi connectivity index (χ3v) is 2.18. The number of nitrogens with zero attached hydrogens (tertiary/aromatic N) is 4. The molecule has 1 amide bonds. The number of hydrogen-bond donors (Lipinski definition) is 0. The molecule has 0 aliphatic carbocycles. The van der Waals surface area contributed by atoms with Crippen LogP contribution in [0.3, 0.4) is 0 Å². The molecule has 0 bridgehead atoms. The SMILES string of the molecule is CC1=NCC(=O)N(/N=C/c2cccnc2)C1. The van der Waals surface area contributed by atoms with Crippen LogP contribution in [-0.2, 0) is 4.79 Å². The average molecular weight is 216 g/mol. The molecule has 2 rings (SSSR count). The van der Waals surface area contributed by atoms with Crippen molar-refractivity contribution in [3.05, 3.63) is 30.1 Å². The van der Waals surface area contributed by atoms with Gasteiger partial charge in [0.15, 0.2) is 0 Å². The molecular formula is C11H12N4O. The van der Waals surface area contributed by atoms with Crippen LogP contribution in [0.15, 0.2) is 34.6 Å². The zero-order valence-corrected chi connectivity index (χ0v) is 9.00.